The van der Waals surface area contributed by atoms with Crippen LogP contribution in [0.15, 0.2) is 22.3 Å². The number of nitrogens with one attached hydrogen (secondary N) is 3. The Labute approximate surface area is 107 Å². The van der Waals surface area contributed by atoms with Gasteiger partial charge in [0.2, 0.25) is 5.91 Å². The van der Waals surface area contributed by atoms with Gasteiger partial charge < -0.3 is 5.32 Å². The first kappa shape index (κ1) is 12.6. The third-order valence-corrected chi connectivity index (χ3v) is 3.27. The first-order valence-corrected chi connectivity index (χ1v) is 6.47. The molecule has 0 spiro atoms. The van der Waals surface area contributed by atoms with Crippen molar-refractivity contribution < 1.29 is 4.79 Å². The number of hydrogen-bond donors (Lipinski definition) is 3. The molecular weight excluding hydrogens is 252 g/mol. The zero-order chi connectivity index (χ0) is 13.0. The fraction of sp³-hybridized carbons (Fsp3) is 0.364. The van der Waals surface area contributed by atoms with Gasteiger partial charge in [0.25, 0.3) is 0 Å². The van der Waals surface area contributed by atoms with E-state index in [-0.39, 0.29) is 18.4 Å². The summed E-state index contributed by atoms with van der Waals surface area (Å²) in [5.41, 5.74) is -0.399. The minimum absolute atomic E-state index is 0.0572. The van der Waals surface area contributed by atoms with E-state index < -0.39 is 5.69 Å². The van der Waals surface area contributed by atoms with E-state index in [2.05, 4.69) is 20.5 Å². The fourth-order valence-electron chi connectivity index (χ4n) is 1.65. The first-order chi connectivity index (χ1) is 8.63. The standard InChI is InChI=1S/C11H14N4O2S/c1-7(5-8-3-2-4-18-8)12-10(16)6-9-13-11(17)15-14-9/h2-4,7H,5-6H2,1H3,(H,12,16)(H2,13,14,15,17). The number of thiophene rings is 1. The van der Waals surface area contributed by atoms with Crippen LogP contribution in [-0.4, -0.2) is 27.1 Å². The summed E-state index contributed by atoms with van der Waals surface area (Å²) >= 11 is 1.67. The van der Waals surface area contributed by atoms with Crippen molar-refractivity contribution in [2.45, 2.75) is 25.8 Å². The zero-order valence-electron chi connectivity index (χ0n) is 9.90. The second-order valence-electron chi connectivity index (χ2n) is 4.05. The zero-order valence-corrected chi connectivity index (χ0v) is 10.7. The molecule has 6 nitrogen and oxygen atoms in total. The van der Waals surface area contributed by atoms with E-state index in [1.54, 1.807) is 11.3 Å². The van der Waals surface area contributed by atoms with Gasteiger partial charge >= 0.3 is 5.69 Å². The summed E-state index contributed by atoms with van der Waals surface area (Å²) in [5.74, 6) is 0.197. The number of carbonyl (C=O) groups is 1. The lowest BCUT2D eigenvalue weighted by Gasteiger charge is -2.12. The maximum absolute atomic E-state index is 11.7. The van der Waals surface area contributed by atoms with E-state index in [9.17, 15) is 9.59 Å². The van der Waals surface area contributed by atoms with Gasteiger partial charge in [0.1, 0.15) is 5.82 Å². The Bertz CT molecular complexity index is 558. The molecule has 96 valence electrons. The van der Waals surface area contributed by atoms with Crippen molar-refractivity contribution in [1.82, 2.24) is 20.5 Å². The van der Waals surface area contributed by atoms with Gasteiger partial charge in [-0.15, -0.1) is 11.3 Å². The molecule has 0 aliphatic heterocycles. The fourth-order valence-corrected chi connectivity index (χ4v) is 2.48. The van der Waals surface area contributed by atoms with Gasteiger partial charge in [-0.3, -0.25) is 9.78 Å². The quantitative estimate of drug-likeness (QED) is 0.734. The molecule has 0 aliphatic rings. The van der Waals surface area contributed by atoms with Gasteiger partial charge in [-0.1, -0.05) is 6.07 Å². The Morgan fingerprint density at radius 2 is 2.44 bits per heavy atom. The lowest BCUT2D eigenvalue weighted by atomic mass is 10.2. The van der Waals surface area contributed by atoms with E-state index in [0.717, 1.165) is 6.42 Å². The van der Waals surface area contributed by atoms with Crippen molar-refractivity contribution in [3.8, 4) is 0 Å². The highest BCUT2D eigenvalue weighted by Gasteiger charge is 2.11. The number of hydrogen-bond acceptors (Lipinski definition) is 4. The molecule has 2 aromatic heterocycles. The Hall–Kier alpha value is -1.89. The monoisotopic (exact) mass is 266 g/mol. The maximum atomic E-state index is 11.7. The van der Waals surface area contributed by atoms with Crippen molar-refractivity contribution >= 4 is 17.2 Å². The minimum Gasteiger partial charge on any atom is -0.353 e. The Balaban J connectivity index is 1.82. The summed E-state index contributed by atoms with van der Waals surface area (Å²) in [4.78, 5) is 26.2. The summed E-state index contributed by atoms with van der Waals surface area (Å²) in [6.07, 6.45) is 0.883. The number of H-pyrrole nitrogens is 2. The molecule has 1 unspecified atom stereocenters. The van der Waals surface area contributed by atoms with Gasteiger partial charge in [0.15, 0.2) is 0 Å². The number of aromatic nitrogens is 3. The molecule has 0 saturated carbocycles. The van der Waals surface area contributed by atoms with E-state index in [4.69, 9.17) is 0 Å². The third-order valence-electron chi connectivity index (χ3n) is 2.37. The molecule has 18 heavy (non-hydrogen) atoms. The molecule has 7 heteroatoms. The average Bonchev–Trinajstić information content (AvgIpc) is 2.90. The minimum atomic E-state index is -0.399. The number of nitrogens with zero attached hydrogens (tertiary/aromatic N) is 1. The van der Waals surface area contributed by atoms with Gasteiger partial charge in [0, 0.05) is 17.3 Å². The largest absolute Gasteiger partial charge is 0.353 e. The van der Waals surface area contributed by atoms with E-state index in [1.165, 1.54) is 4.88 Å². The second-order valence-corrected chi connectivity index (χ2v) is 5.09. The summed E-state index contributed by atoms with van der Waals surface area (Å²) in [6, 6.07) is 4.09. The average molecular weight is 266 g/mol. The summed E-state index contributed by atoms with van der Waals surface area (Å²) in [5, 5.41) is 10.8. The Kier molecular flexibility index (Phi) is 3.93. The smallest absolute Gasteiger partial charge is 0.340 e. The molecule has 0 aliphatic carbocycles. The van der Waals surface area contributed by atoms with Crippen LogP contribution < -0.4 is 11.0 Å². The van der Waals surface area contributed by atoms with Gasteiger partial charge in [0.05, 0.1) is 6.42 Å². The van der Waals surface area contributed by atoms with Crippen LogP contribution in [0.3, 0.4) is 0 Å². The number of amides is 1. The highest BCUT2D eigenvalue weighted by atomic mass is 32.1. The van der Waals surface area contributed by atoms with Crippen molar-refractivity contribution in [1.29, 1.82) is 0 Å². The Morgan fingerprint density at radius 3 is 3.06 bits per heavy atom. The van der Waals surface area contributed by atoms with E-state index in [0.29, 0.717) is 5.82 Å². The van der Waals surface area contributed by atoms with Crippen LogP contribution >= 0.6 is 11.3 Å². The van der Waals surface area contributed by atoms with E-state index >= 15 is 0 Å². The van der Waals surface area contributed by atoms with Crippen LogP contribution in [0.4, 0.5) is 0 Å². The predicted octanol–water partition coefficient (Wildman–Crippen LogP) is 0.449. The van der Waals surface area contributed by atoms with Gasteiger partial charge in [-0.25, -0.2) is 9.89 Å². The molecule has 0 aromatic carbocycles. The maximum Gasteiger partial charge on any atom is 0.340 e. The van der Waals surface area contributed by atoms with Crippen LogP contribution in [0.5, 0.6) is 0 Å². The van der Waals surface area contributed by atoms with Crippen molar-refractivity contribution in [3.05, 3.63) is 38.7 Å². The van der Waals surface area contributed by atoms with Crippen LogP contribution in [-0.2, 0) is 17.6 Å². The van der Waals surface area contributed by atoms with Crippen LogP contribution in [0, 0.1) is 0 Å². The normalized spacial score (nSPS) is 12.3. The molecule has 1 atom stereocenters. The first-order valence-electron chi connectivity index (χ1n) is 5.59. The SMILES string of the molecule is CC(Cc1cccs1)NC(=O)Cc1n[nH]c(=O)[nH]1. The van der Waals surface area contributed by atoms with Crippen LogP contribution in [0.1, 0.15) is 17.6 Å². The molecular formula is C11H14N4O2S. The molecule has 1 amide bonds. The number of rotatable bonds is 5. The van der Waals surface area contributed by atoms with Gasteiger partial charge in [-0.2, -0.15) is 5.10 Å². The third kappa shape index (κ3) is 3.56. The second kappa shape index (κ2) is 5.63. The molecule has 2 rings (SSSR count). The van der Waals surface area contributed by atoms with Gasteiger partial charge in [-0.05, 0) is 18.4 Å². The van der Waals surface area contributed by atoms with Crippen LogP contribution in [0.25, 0.3) is 0 Å². The van der Waals surface area contributed by atoms with E-state index in [1.807, 2.05) is 24.4 Å². The van der Waals surface area contributed by atoms with Crippen molar-refractivity contribution in [3.63, 3.8) is 0 Å². The summed E-state index contributed by atoms with van der Waals surface area (Å²) < 4.78 is 0. The lowest BCUT2D eigenvalue weighted by Crippen LogP contribution is -2.35. The molecule has 0 bridgehead atoms. The van der Waals surface area contributed by atoms with Crippen molar-refractivity contribution in [2.24, 2.45) is 0 Å². The van der Waals surface area contributed by atoms with Crippen molar-refractivity contribution in [2.75, 3.05) is 0 Å². The molecule has 0 radical (unpaired) electrons. The van der Waals surface area contributed by atoms with Crippen LogP contribution in [0.2, 0.25) is 0 Å². The molecule has 0 fully saturated rings. The highest BCUT2D eigenvalue weighted by Crippen LogP contribution is 2.10. The molecule has 2 heterocycles. The predicted molar refractivity (Wildman–Crippen MR) is 68.5 cm³/mol. The highest BCUT2D eigenvalue weighted by molar-refractivity contribution is 7.09. The number of aromatic amines is 2. The summed E-state index contributed by atoms with van der Waals surface area (Å²) in [6.45, 7) is 1.95. The molecule has 3 N–H and O–H groups in total. The molecule has 2 aromatic rings. The topological polar surface area (TPSA) is 90.6 Å². The summed E-state index contributed by atoms with van der Waals surface area (Å²) in [7, 11) is 0. The Morgan fingerprint density at radius 1 is 1.61 bits per heavy atom. The number of carbonyl (C=O) groups excluding carboxylic acids is 1. The molecule has 0 saturated heterocycles. The lowest BCUT2D eigenvalue weighted by molar-refractivity contribution is -0.121.